The average Bonchev–Trinajstić information content (AvgIpc) is 2.59. The quantitative estimate of drug-likeness (QED) is 0.726. The van der Waals surface area contributed by atoms with Crippen LogP contribution in [0.25, 0.3) is 0 Å². The molecule has 27 heavy (non-hydrogen) atoms. The molecule has 0 aromatic heterocycles. The van der Waals surface area contributed by atoms with E-state index in [-0.39, 0.29) is 17.6 Å². The molecule has 0 saturated heterocycles. The van der Waals surface area contributed by atoms with Crippen LogP contribution in [0.4, 0.5) is 20.6 Å². The topological polar surface area (TPSA) is 73.5 Å². The van der Waals surface area contributed by atoms with Gasteiger partial charge in [-0.05, 0) is 44.8 Å². The molecule has 1 unspecified atom stereocenters. The van der Waals surface area contributed by atoms with E-state index in [4.69, 9.17) is 0 Å². The van der Waals surface area contributed by atoms with Gasteiger partial charge in [-0.25, -0.2) is 9.18 Å². The van der Waals surface area contributed by atoms with Crippen molar-refractivity contribution in [3.8, 4) is 0 Å². The van der Waals surface area contributed by atoms with E-state index >= 15 is 0 Å². The molecule has 0 aliphatic heterocycles. The number of carbonyl (C=O) groups excluding carboxylic acids is 2. The first-order chi connectivity index (χ1) is 12.8. The second kappa shape index (κ2) is 9.14. The maximum Gasteiger partial charge on any atom is 0.319 e. The Morgan fingerprint density at radius 1 is 1.07 bits per heavy atom. The third-order valence-corrected chi connectivity index (χ3v) is 4.08. The number of urea groups is 1. The van der Waals surface area contributed by atoms with E-state index < -0.39 is 11.8 Å². The Morgan fingerprint density at radius 3 is 2.33 bits per heavy atom. The fourth-order valence-corrected chi connectivity index (χ4v) is 2.64. The van der Waals surface area contributed by atoms with E-state index in [1.807, 2.05) is 50.2 Å². The van der Waals surface area contributed by atoms with Gasteiger partial charge in [-0.2, -0.15) is 0 Å². The highest BCUT2D eigenvalue weighted by Gasteiger charge is 2.15. The molecule has 2 rings (SSSR count). The maximum absolute atomic E-state index is 13.7. The average molecular weight is 372 g/mol. The van der Waals surface area contributed by atoms with Gasteiger partial charge in [0.15, 0.2) is 0 Å². The van der Waals surface area contributed by atoms with Crippen LogP contribution in [0.2, 0.25) is 0 Å². The SMILES string of the molecule is CC(=O)Nc1cc(NC(=O)NCC(c2ccc(C)cc2)N(C)C)ccc1F. The van der Waals surface area contributed by atoms with E-state index in [0.29, 0.717) is 12.2 Å². The normalized spacial score (nSPS) is 11.8. The lowest BCUT2D eigenvalue weighted by Gasteiger charge is -2.25. The Bertz CT molecular complexity index is 806. The molecule has 0 aliphatic carbocycles. The minimum atomic E-state index is -0.566. The standard InChI is InChI=1S/C20H25FN4O2/c1-13-5-7-15(8-6-13)19(25(3)4)12-22-20(27)24-16-9-10-17(21)18(11-16)23-14(2)26/h5-11,19H,12H2,1-4H3,(H,23,26)(H2,22,24,27). The molecule has 0 bridgehead atoms. The zero-order valence-corrected chi connectivity index (χ0v) is 16.0. The van der Waals surface area contributed by atoms with Gasteiger partial charge in [0.2, 0.25) is 5.91 Å². The molecule has 1 atom stereocenters. The van der Waals surface area contributed by atoms with Gasteiger partial charge in [-0.1, -0.05) is 29.8 Å². The van der Waals surface area contributed by atoms with E-state index in [1.165, 1.54) is 30.7 Å². The lowest BCUT2D eigenvalue weighted by Crippen LogP contribution is -2.36. The van der Waals surface area contributed by atoms with Crippen LogP contribution in [-0.2, 0) is 4.79 Å². The summed E-state index contributed by atoms with van der Waals surface area (Å²) in [5.41, 5.74) is 2.68. The highest BCUT2D eigenvalue weighted by Crippen LogP contribution is 2.20. The molecule has 0 heterocycles. The summed E-state index contributed by atoms with van der Waals surface area (Å²) in [4.78, 5) is 25.4. The van der Waals surface area contributed by atoms with Crippen LogP contribution in [0.1, 0.15) is 24.1 Å². The first-order valence-electron chi connectivity index (χ1n) is 8.61. The van der Waals surface area contributed by atoms with Crippen LogP contribution in [0.15, 0.2) is 42.5 Å². The van der Waals surface area contributed by atoms with Crippen LogP contribution in [-0.4, -0.2) is 37.5 Å². The van der Waals surface area contributed by atoms with Crippen LogP contribution in [0.3, 0.4) is 0 Å². The highest BCUT2D eigenvalue weighted by molar-refractivity contribution is 5.92. The first kappa shape index (κ1) is 20.4. The van der Waals surface area contributed by atoms with Crippen LogP contribution < -0.4 is 16.0 Å². The minimum absolute atomic E-state index is 0.0134. The summed E-state index contributed by atoms with van der Waals surface area (Å²) in [6.07, 6.45) is 0. The van der Waals surface area contributed by atoms with E-state index in [2.05, 4.69) is 16.0 Å². The Morgan fingerprint density at radius 2 is 1.74 bits per heavy atom. The monoisotopic (exact) mass is 372 g/mol. The molecule has 3 N–H and O–H groups in total. The van der Waals surface area contributed by atoms with Crippen molar-refractivity contribution in [1.29, 1.82) is 0 Å². The summed E-state index contributed by atoms with van der Waals surface area (Å²) in [6, 6.07) is 11.8. The maximum atomic E-state index is 13.7. The number of benzene rings is 2. The summed E-state index contributed by atoms with van der Waals surface area (Å²) in [5, 5.41) is 7.86. The van der Waals surface area contributed by atoms with Gasteiger partial charge in [-0.15, -0.1) is 0 Å². The summed E-state index contributed by atoms with van der Waals surface area (Å²) < 4.78 is 13.7. The molecule has 2 aromatic carbocycles. The Labute approximate surface area is 158 Å². The number of hydrogen-bond acceptors (Lipinski definition) is 3. The molecule has 0 spiro atoms. The summed E-state index contributed by atoms with van der Waals surface area (Å²) in [7, 11) is 3.90. The predicted molar refractivity (Wildman–Crippen MR) is 105 cm³/mol. The second-order valence-corrected chi connectivity index (χ2v) is 6.60. The molecule has 0 saturated carbocycles. The van der Waals surface area contributed by atoms with Gasteiger partial charge >= 0.3 is 6.03 Å². The Hall–Kier alpha value is -2.93. The number of nitrogens with zero attached hydrogens (tertiary/aromatic N) is 1. The number of amides is 3. The van der Waals surface area contributed by atoms with Crippen molar-refractivity contribution < 1.29 is 14.0 Å². The van der Waals surface area contributed by atoms with Crippen molar-refractivity contribution >= 4 is 23.3 Å². The molecule has 6 nitrogen and oxygen atoms in total. The van der Waals surface area contributed by atoms with E-state index in [0.717, 1.165) is 5.56 Å². The summed E-state index contributed by atoms with van der Waals surface area (Å²) in [6.45, 7) is 3.72. The lowest BCUT2D eigenvalue weighted by atomic mass is 10.0. The van der Waals surface area contributed by atoms with E-state index in [9.17, 15) is 14.0 Å². The zero-order valence-electron chi connectivity index (χ0n) is 16.0. The molecule has 3 amide bonds. The molecule has 0 fully saturated rings. The van der Waals surface area contributed by atoms with Crippen molar-refractivity contribution in [3.63, 3.8) is 0 Å². The molecule has 2 aromatic rings. The Kier molecular flexibility index (Phi) is 6.90. The third-order valence-electron chi connectivity index (χ3n) is 4.08. The third kappa shape index (κ3) is 6.07. The summed E-state index contributed by atoms with van der Waals surface area (Å²) >= 11 is 0. The zero-order chi connectivity index (χ0) is 20.0. The molecular weight excluding hydrogens is 347 g/mol. The second-order valence-electron chi connectivity index (χ2n) is 6.60. The molecular formula is C20H25FN4O2. The van der Waals surface area contributed by atoms with Gasteiger partial charge in [0.25, 0.3) is 0 Å². The van der Waals surface area contributed by atoms with Gasteiger partial charge < -0.3 is 20.9 Å². The predicted octanol–water partition coefficient (Wildman–Crippen LogP) is 3.52. The molecule has 0 aliphatic rings. The minimum Gasteiger partial charge on any atom is -0.336 e. The van der Waals surface area contributed by atoms with Crippen LogP contribution in [0, 0.1) is 12.7 Å². The van der Waals surface area contributed by atoms with Crippen molar-refractivity contribution in [1.82, 2.24) is 10.2 Å². The lowest BCUT2D eigenvalue weighted by molar-refractivity contribution is -0.114. The number of nitrogens with one attached hydrogen (secondary N) is 3. The highest BCUT2D eigenvalue weighted by atomic mass is 19.1. The van der Waals surface area contributed by atoms with Gasteiger partial charge in [0, 0.05) is 19.2 Å². The Balaban J connectivity index is 2.00. The van der Waals surface area contributed by atoms with Gasteiger partial charge in [0.1, 0.15) is 5.82 Å². The number of halogens is 1. The number of rotatable bonds is 6. The van der Waals surface area contributed by atoms with Crippen LogP contribution >= 0.6 is 0 Å². The molecule has 0 radical (unpaired) electrons. The van der Waals surface area contributed by atoms with Gasteiger partial charge in [0.05, 0.1) is 11.7 Å². The van der Waals surface area contributed by atoms with Crippen molar-refractivity contribution in [3.05, 3.63) is 59.4 Å². The molecule has 144 valence electrons. The van der Waals surface area contributed by atoms with Crippen molar-refractivity contribution in [2.24, 2.45) is 0 Å². The van der Waals surface area contributed by atoms with E-state index in [1.54, 1.807) is 0 Å². The fraction of sp³-hybridized carbons (Fsp3) is 0.300. The number of hydrogen-bond donors (Lipinski definition) is 3. The van der Waals surface area contributed by atoms with Crippen LogP contribution in [0.5, 0.6) is 0 Å². The molecule has 7 heteroatoms. The number of carbonyl (C=O) groups is 2. The smallest absolute Gasteiger partial charge is 0.319 e. The summed E-state index contributed by atoms with van der Waals surface area (Å²) in [5.74, 6) is -0.953. The number of aryl methyl sites for hydroxylation is 1. The fourth-order valence-electron chi connectivity index (χ4n) is 2.64. The van der Waals surface area contributed by atoms with Crippen molar-refractivity contribution in [2.45, 2.75) is 19.9 Å². The number of anilines is 2. The first-order valence-corrected chi connectivity index (χ1v) is 8.61. The largest absolute Gasteiger partial charge is 0.336 e. The van der Waals surface area contributed by atoms with Gasteiger partial charge in [-0.3, -0.25) is 4.79 Å². The number of likely N-dealkylation sites (N-methyl/N-ethyl adjacent to an activating group) is 1. The van der Waals surface area contributed by atoms with Crippen molar-refractivity contribution in [2.75, 3.05) is 31.3 Å².